The van der Waals surface area contributed by atoms with Crippen molar-refractivity contribution in [2.75, 3.05) is 39.3 Å². The molecule has 0 bridgehead atoms. The second-order valence-electron chi connectivity index (χ2n) is 6.79. The Balaban J connectivity index is 1.67. The van der Waals surface area contributed by atoms with Crippen molar-refractivity contribution in [1.82, 2.24) is 14.1 Å². The number of carbonyl (C=O) groups is 2. The van der Waals surface area contributed by atoms with Gasteiger partial charge in [-0.15, -0.1) is 0 Å². The van der Waals surface area contributed by atoms with E-state index in [1.165, 1.54) is 23.4 Å². The van der Waals surface area contributed by atoms with Crippen molar-refractivity contribution >= 4 is 21.8 Å². The van der Waals surface area contributed by atoms with Gasteiger partial charge in [0.1, 0.15) is 0 Å². The topological polar surface area (TPSA) is 78.0 Å². The number of hydrogen-bond acceptors (Lipinski definition) is 4. The minimum Gasteiger partial charge on any atom is -0.339 e. The van der Waals surface area contributed by atoms with Gasteiger partial charge in [0.2, 0.25) is 15.9 Å². The fraction of sp³-hybridized carbons (Fsp3) is 0.556. The van der Waals surface area contributed by atoms with Crippen LogP contribution in [-0.4, -0.2) is 73.6 Å². The molecule has 2 saturated heterocycles. The molecule has 0 atom stereocenters. The van der Waals surface area contributed by atoms with Gasteiger partial charge in [0.15, 0.2) is 0 Å². The smallest absolute Gasteiger partial charge is 0.253 e. The molecule has 3 rings (SSSR count). The standard InChI is InChI=1S/C18H25N3O4S/c1-15(22)19-11-13-20(14-12-19)18(23)16-5-7-17(8-6-16)26(24,25)21-9-3-2-4-10-21/h5-8H,2-4,9-14H2,1H3. The molecule has 1 aromatic rings. The largest absolute Gasteiger partial charge is 0.339 e. The SMILES string of the molecule is CC(=O)N1CCN(C(=O)c2ccc(S(=O)(=O)N3CCCCC3)cc2)CC1. The summed E-state index contributed by atoms with van der Waals surface area (Å²) in [4.78, 5) is 27.6. The Morgan fingerprint density at radius 2 is 1.35 bits per heavy atom. The number of sulfonamides is 1. The van der Waals surface area contributed by atoms with Gasteiger partial charge >= 0.3 is 0 Å². The first-order valence-corrected chi connectivity index (χ1v) is 10.5. The summed E-state index contributed by atoms with van der Waals surface area (Å²) in [6.07, 6.45) is 2.85. The summed E-state index contributed by atoms with van der Waals surface area (Å²) in [6, 6.07) is 6.19. The summed E-state index contributed by atoms with van der Waals surface area (Å²) in [5.41, 5.74) is 0.471. The van der Waals surface area contributed by atoms with Crippen LogP contribution in [0, 0.1) is 0 Å². The molecule has 142 valence electrons. The van der Waals surface area contributed by atoms with Crippen molar-refractivity contribution in [1.29, 1.82) is 0 Å². The van der Waals surface area contributed by atoms with Gasteiger partial charge < -0.3 is 9.80 Å². The molecule has 2 fully saturated rings. The molecule has 2 heterocycles. The molecule has 0 saturated carbocycles. The second-order valence-corrected chi connectivity index (χ2v) is 8.73. The van der Waals surface area contributed by atoms with Gasteiger partial charge in [-0.1, -0.05) is 6.42 Å². The Hall–Kier alpha value is -1.93. The Labute approximate surface area is 154 Å². The summed E-state index contributed by atoms with van der Waals surface area (Å²) >= 11 is 0. The molecule has 2 aliphatic heterocycles. The fourth-order valence-electron chi connectivity index (χ4n) is 3.43. The normalized spacial score (nSPS) is 19.4. The first kappa shape index (κ1) is 18.8. The van der Waals surface area contributed by atoms with Gasteiger partial charge in [-0.05, 0) is 37.1 Å². The lowest BCUT2D eigenvalue weighted by Gasteiger charge is -2.34. The van der Waals surface area contributed by atoms with Crippen LogP contribution in [0.15, 0.2) is 29.2 Å². The highest BCUT2D eigenvalue weighted by Gasteiger charge is 2.27. The summed E-state index contributed by atoms with van der Waals surface area (Å²) in [6.45, 7) is 4.69. The van der Waals surface area contributed by atoms with Crippen LogP contribution in [0.25, 0.3) is 0 Å². The predicted molar refractivity (Wildman–Crippen MR) is 97.2 cm³/mol. The number of nitrogens with zero attached hydrogens (tertiary/aromatic N) is 3. The molecular weight excluding hydrogens is 354 g/mol. The summed E-state index contributed by atoms with van der Waals surface area (Å²) in [5.74, 6) is -0.112. The predicted octanol–water partition coefficient (Wildman–Crippen LogP) is 1.17. The van der Waals surface area contributed by atoms with Gasteiger partial charge in [-0.2, -0.15) is 4.31 Å². The zero-order chi connectivity index (χ0) is 18.7. The molecule has 0 aromatic heterocycles. The molecular formula is C18H25N3O4S. The summed E-state index contributed by atoms with van der Waals surface area (Å²) < 4.78 is 26.8. The van der Waals surface area contributed by atoms with E-state index in [-0.39, 0.29) is 16.7 Å². The van der Waals surface area contributed by atoms with E-state index in [2.05, 4.69) is 0 Å². The third-order valence-electron chi connectivity index (χ3n) is 5.07. The van der Waals surface area contributed by atoms with E-state index in [9.17, 15) is 18.0 Å². The Morgan fingerprint density at radius 3 is 1.88 bits per heavy atom. The molecule has 0 N–H and O–H groups in total. The van der Waals surface area contributed by atoms with Crippen LogP contribution in [-0.2, 0) is 14.8 Å². The average Bonchev–Trinajstić information content (AvgIpc) is 2.68. The van der Waals surface area contributed by atoms with Gasteiger partial charge in [-0.3, -0.25) is 9.59 Å². The fourth-order valence-corrected chi connectivity index (χ4v) is 4.95. The average molecular weight is 379 g/mol. The number of hydrogen-bond donors (Lipinski definition) is 0. The molecule has 1 aromatic carbocycles. The molecule has 8 heteroatoms. The van der Waals surface area contributed by atoms with Gasteiger partial charge in [0.25, 0.3) is 5.91 Å². The second kappa shape index (κ2) is 7.75. The summed E-state index contributed by atoms with van der Waals surface area (Å²) in [5, 5.41) is 0. The van der Waals surface area contributed by atoms with E-state index in [1.807, 2.05) is 0 Å². The molecule has 26 heavy (non-hydrogen) atoms. The number of carbonyl (C=O) groups excluding carboxylic acids is 2. The lowest BCUT2D eigenvalue weighted by atomic mass is 10.2. The van der Waals surface area contributed by atoms with E-state index < -0.39 is 10.0 Å². The van der Waals surface area contributed by atoms with Crippen LogP contribution in [0.3, 0.4) is 0 Å². The highest BCUT2D eigenvalue weighted by atomic mass is 32.2. The maximum absolute atomic E-state index is 12.7. The Bertz CT molecular complexity index is 762. The van der Waals surface area contributed by atoms with Crippen LogP contribution in [0.4, 0.5) is 0 Å². The van der Waals surface area contributed by atoms with Gasteiger partial charge in [-0.25, -0.2) is 8.42 Å². The minimum absolute atomic E-state index is 0.0179. The molecule has 7 nitrogen and oxygen atoms in total. The van der Waals surface area contributed by atoms with Crippen LogP contribution < -0.4 is 0 Å². The van der Waals surface area contributed by atoms with E-state index in [1.54, 1.807) is 21.9 Å². The summed E-state index contributed by atoms with van der Waals surface area (Å²) in [7, 11) is -3.48. The van der Waals surface area contributed by atoms with E-state index >= 15 is 0 Å². The molecule has 0 unspecified atom stereocenters. The first-order valence-electron chi connectivity index (χ1n) is 9.04. The van der Waals surface area contributed by atoms with Crippen molar-refractivity contribution in [3.63, 3.8) is 0 Å². The molecule has 0 aliphatic carbocycles. The maximum atomic E-state index is 12.7. The Morgan fingerprint density at radius 1 is 0.808 bits per heavy atom. The zero-order valence-electron chi connectivity index (χ0n) is 15.1. The molecule has 2 amide bonds. The molecule has 0 spiro atoms. The number of benzene rings is 1. The van der Waals surface area contributed by atoms with Crippen LogP contribution >= 0.6 is 0 Å². The van der Waals surface area contributed by atoms with Crippen molar-refractivity contribution in [3.8, 4) is 0 Å². The lowest BCUT2D eigenvalue weighted by molar-refractivity contribution is -0.130. The number of piperidine rings is 1. The van der Waals surface area contributed by atoms with E-state index in [0.29, 0.717) is 44.8 Å². The van der Waals surface area contributed by atoms with Crippen LogP contribution in [0.5, 0.6) is 0 Å². The number of piperazine rings is 1. The quantitative estimate of drug-likeness (QED) is 0.790. The minimum atomic E-state index is -3.48. The van der Waals surface area contributed by atoms with Crippen LogP contribution in [0.2, 0.25) is 0 Å². The highest BCUT2D eigenvalue weighted by Crippen LogP contribution is 2.21. The van der Waals surface area contributed by atoms with Gasteiger partial charge in [0.05, 0.1) is 4.90 Å². The number of amides is 2. The van der Waals surface area contributed by atoms with E-state index in [4.69, 9.17) is 0 Å². The van der Waals surface area contributed by atoms with Crippen molar-refractivity contribution < 1.29 is 18.0 Å². The van der Waals surface area contributed by atoms with Crippen LogP contribution in [0.1, 0.15) is 36.5 Å². The van der Waals surface area contributed by atoms with Crippen molar-refractivity contribution in [2.45, 2.75) is 31.1 Å². The van der Waals surface area contributed by atoms with E-state index in [0.717, 1.165) is 19.3 Å². The first-order chi connectivity index (χ1) is 12.4. The third-order valence-corrected chi connectivity index (χ3v) is 6.98. The third kappa shape index (κ3) is 3.91. The van der Waals surface area contributed by atoms with Crippen molar-refractivity contribution in [2.24, 2.45) is 0 Å². The lowest BCUT2D eigenvalue weighted by Crippen LogP contribution is -2.50. The number of rotatable bonds is 3. The molecule has 2 aliphatic rings. The Kier molecular flexibility index (Phi) is 5.62. The zero-order valence-corrected chi connectivity index (χ0v) is 15.9. The monoisotopic (exact) mass is 379 g/mol. The maximum Gasteiger partial charge on any atom is 0.253 e. The van der Waals surface area contributed by atoms with Gasteiger partial charge in [0, 0.05) is 51.8 Å². The van der Waals surface area contributed by atoms with Crippen molar-refractivity contribution in [3.05, 3.63) is 29.8 Å². The highest BCUT2D eigenvalue weighted by molar-refractivity contribution is 7.89. The molecule has 0 radical (unpaired) electrons.